The number of carbonyl (C=O) groups excluding carboxylic acids is 2. The van der Waals surface area contributed by atoms with Gasteiger partial charge in [0.15, 0.2) is 0 Å². The highest BCUT2D eigenvalue weighted by molar-refractivity contribution is 5.97. The van der Waals surface area contributed by atoms with E-state index in [9.17, 15) is 9.59 Å². The third-order valence-electron chi connectivity index (χ3n) is 4.82. The summed E-state index contributed by atoms with van der Waals surface area (Å²) in [5.41, 5.74) is 7.14. The van der Waals surface area contributed by atoms with E-state index in [1.165, 1.54) is 31.2 Å². The quantitative estimate of drug-likeness (QED) is 0.722. The van der Waals surface area contributed by atoms with Crippen LogP contribution in [0, 0.1) is 11.8 Å². The molecule has 5 heteroatoms. The summed E-state index contributed by atoms with van der Waals surface area (Å²) >= 11 is 0. The highest BCUT2D eigenvalue weighted by Gasteiger charge is 2.29. The predicted octanol–water partition coefficient (Wildman–Crippen LogP) is 2.98. The molecule has 0 saturated heterocycles. The second-order valence-corrected chi connectivity index (χ2v) is 7.84. The first-order chi connectivity index (χ1) is 11.9. The van der Waals surface area contributed by atoms with Crippen LogP contribution in [0.3, 0.4) is 0 Å². The molecule has 3 N–H and O–H groups in total. The van der Waals surface area contributed by atoms with Crippen LogP contribution >= 0.6 is 0 Å². The van der Waals surface area contributed by atoms with Crippen LogP contribution in [0.5, 0.6) is 5.75 Å². The molecule has 0 aromatic heterocycles. The molecular formula is C20H28N2O3. The van der Waals surface area contributed by atoms with Crippen LogP contribution in [0.2, 0.25) is 0 Å². The van der Waals surface area contributed by atoms with Crippen molar-refractivity contribution in [3.63, 3.8) is 0 Å². The van der Waals surface area contributed by atoms with E-state index in [1.54, 1.807) is 0 Å². The normalized spacial score (nSPS) is 18.0. The van der Waals surface area contributed by atoms with Crippen molar-refractivity contribution in [3.8, 4) is 5.75 Å². The molecule has 0 bridgehead atoms. The lowest BCUT2D eigenvalue weighted by Gasteiger charge is -2.18. The first kappa shape index (κ1) is 17.8. The zero-order valence-corrected chi connectivity index (χ0v) is 15.1. The third kappa shape index (κ3) is 4.97. The van der Waals surface area contributed by atoms with Gasteiger partial charge >= 0.3 is 0 Å². The largest absolute Gasteiger partial charge is 0.493 e. The first-order valence-corrected chi connectivity index (χ1v) is 9.31. The van der Waals surface area contributed by atoms with E-state index in [2.05, 4.69) is 5.32 Å². The number of ether oxygens (including phenoxy) is 1. The van der Waals surface area contributed by atoms with Gasteiger partial charge in [-0.3, -0.25) is 9.59 Å². The summed E-state index contributed by atoms with van der Waals surface area (Å²) in [6.07, 6.45) is 5.36. The summed E-state index contributed by atoms with van der Waals surface area (Å²) < 4.78 is 6.00. The van der Waals surface area contributed by atoms with Crippen molar-refractivity contribution in [1.82, 2.24) is 5.32 Å². The SMILES string of the molecule is CC(C)CC(NC(=O)c1ccc(C2CC2)c(OCC2CC2)c1)C(N)=O. The number of nitrogens with two attached hydrogens (primary N) is 1. The Morgan fingerprint density at radius 3 is 2.52 bits per heavy atom. The van der Waals surface area contributed by atoms with Gasteiger partial charge in [0.25, 0.3) is 5.91 Å². The van der Waals surface area contributed by atoms with Gasteiger partial charge in [0, 0.05) is 5.56 Å². The minimum absolute atomic E-state index is 0.271. The summed E-state index contributed by atoms with van der Waals surface area (Å²) in [6, 6.07) is 4.99. The van der Waals surface area contributed by atoms with Gasteiger partial charge in [0.1, 0.15) is 11.8 Å². The van der Waals surface area contributed by atoms with Gasteiger partial charge < -0.3 is 15.8 Å². The number of amides is 2. The number of hydrogen-bond donors (Lipinski definition) is 2. The number of nitrogens with one attached hydrogen (secondary N) is 1. The average molecular weight is 344 g/mol. The zero-order valence-electron chi connectivity index (χ0n) is 15.1. The van der Waals surface area contributed by atoms with Crippen molar-refractivity contribution in [3.05, 3.63) is 29.3 Å². The highest BCUT2D eigenvalue weighted by atomic mass is 16.5. The van der Waals surface area contributed by atoms with Crippen LogP contribution in [0.25, 0.3) is 0 Å². The fourth-order valence-corrected chi connectivity index (χ4v) is 2.98. The molecule has 136 valence electrons. The van der Waals surface area contributed by atoms with E-state index >= 15 is 0 Å². The lowest BCUT2D eigenvalue weighted by atomic mass is 10.0. The Bertz CT molecular complexity index is 648. The zero-order chi connectivity index (χ0) is 18.0. The number of primary amides is 1. The van der Waals surface area contributed by atoms with E-state index in [1.807, 2.05) is 32.0 Å². The maximum absolute atomic E-state index is 12.6. The lowest BCUT2D eigenvalue weighted by molar-refractivity contribution is -0.120. The molecule has 1 atom stereocenters. The van der Waals surface area contributed by atoms with Gasteiger partial charge in [-0.2, -0.15) is 0 Å². The summed E-state index contributed by atoms with van der Waals surface area (Å²) in [5.74, 6) is 1.54. The average Bonchev–Trinajstić information content (AvgIpc) is 3.45. The molecule has 1 unspecified atom stereocenters. The summed E-state index contributed by atoms with van der Waals surface area (Å²) in [7, 11) is 0. The molecule has 1 aromatic rings. The molecule has 0 radical (unpaired) electrons. The summed E-state index contributed by atoms with van der Waals surface area (Å²) in [6.45, 7) is 4.72. The van der Waals surface area contributed by atoms with Crippen LogP contribution in [0.4, 0.5) is 0 Å². The van der Waals surface area contributed by atoms with Crippen LogP contribution in [0.1, 0.15) is 67.8 Å². The lowest BCUT2D eigenvalue weighted by Crippen LogP contribution is -2.45. The van der Waals surface area contributed by atoms with E-state index in [4.69, 9.17) is 10.5 Å². The van der Waals surface area contributed by atoms with Crippen LogP contribution in [-0.2, 0) is 4.79 Å². The molecule has 3 rings (SSSR count). The topological polar surface area (TPSA) is 81.4 Å². The highest BCUT2D eigenvalue weighted by Crippen LogP contribution is 2.45. The molecule has 2 aliphatic carbocycles. The molecule has 5 nitrogen and oxygen atoms in total. The van der Waals surface area contributed by atoms with E-state index in [0.29, 0.717) is 23.8 Å². The molecule has 25 heavy (non-hydrogen) atoms. The van der Waals surface area contributed by atoms with E-state index in [-0.39, 0.29) is 11.8 Å². The van der Waals surface area contributed by atoms with Gasteiger partial charge in [-0.05, 0) is 67.6 Å². The monoisotopic (exact) mass is 344 g/mol. The summed E-state index contributed by atoms with van der Waals surface area (Å²) in [5, 5.41) is 2.76. The Hall–Kier alpha value is -2.04. The standard InChI is InChI=1S/C20H28N2O3/c1-12(2)9-17(19(21)23)22-20(24)15-7-8-16(14-5-6-14)18(10-15)25-11-13-3-4-13/h7-8,10,12-14,17H,3-6,9,11H2,1-2H3,(H2,21,23)(H,22,24). The molecule has 0 spiro atoms. The van der Waals surface area contributed by atoms with Crippen LogP contribution in [0.15, 0.2) is 18.2 Å². The summed E-state index contributed by atoms with van der Waals surface area (Å²) in [4.78, 5) is 24.2. The van der Waals surface area contributed by atoms with Crippen molar-refractivity contribution >= 4 is 11.8 Å². The molecule has 2 saturated carbocycles. The fourth-order valence-electron chi connectivity index (χ4n) is 2.98. The van der Waals surface area contributed by atoms with Gasteiger partial charge in [0.2, 0.25) is 5.91 Å². The maximum Gasteiger partial charge on any atom is 0.252 e. The molecule has 2 amide bonds. The fraction of sp³-hybridized carbons (Fsp3) is 0.600. The van der Waals surface area contributed by atoms with Gasteiger partial charge in [-0.25, -0.2) is 0 Å². The molecule has 2 aliphatic rings. The molecule has 1 aromatic carbocycles. The van der Waals surface area contributed by atoms with E-state index < -0.39 is 11.9 Å². The van der Waals surface area contributed by atoms with Crippen molar-refractivity contribution in [1.29, 1.82) is 0 Å². The Labute approximate surface area is 149 Å². The minimum Gasteiger partial charge on any atom is -0.493 e. The van der Waals surface area contributed by atoms with Crippen molar-refractivity contribution < 1.29 is 14.3 Å². The second-order valence-electron chi connectivity index (χ2n) is 7.84. The predicted molar refractivity (Wildman–Crippen MR) is 96.5 cm³/mol. The molecule has 0 aliphatic heterocycles. The Balaban J connectivity index is 1.72. The van der Waals surface area contributed by atoms with E-state index in [0.717, 1.165) is 12.4 Å². The van der Waals surface area contributed by atoms with Gasteiger partial charge in [-0.15, -0.1) is 0 Å². The Morgan fingerprint density at radius 2 is 1.96 bits per heavy atom. The number of carbonyl (C=O) groups is 2. The maximum atomic E-state index is 12.6. The second kappa shape index (κ2) is 7.46. The van der Waals surface area contributed by atoms with Gasteiger partial charge in [0.05, 0.1) is 6.61 Å². The Kier molecular flexibility index (Phi) is 5.30. The molecular weight excluding hydrogens is 316 g/mol. The number of rotatable bonds is 9. The number of benzene rings is 1. The van der Waals surface area contributed by atoms with Crippen LogP contribution < -0.4 is 15.8 Å². The first-order valence-electron chi connectivity index (χ1n) is 9.31. The smallest absolute Gasteiger partial charge is 0.252 e. The molecule has 0 heterocycles. The minimum atomic E-state index is -0.647. The number of hydrogen-bond acceptors (Lipinski definition) is 3. The van der Waals surface area contributed by atoms with Crippen LogP contribution in [-0.4, -0.2) is 24.5 Å². The molecule has 2 fully saturated rings. The van der Waals surface area contributed by atoms with Gasteiger partial charge in [-0.1, -0.05) is 19.9 Å². The van der Waals surface area contributed by atoms with Crippen molar-refractivity contribution in [2.24, 2.45) is 17.6 Å². The Morgan fingerprint density at radius 1 is 1.24 bits per heavy atom. The van der Waals surface area contributed by atoms with Crippen molar-refractivity contribution in [2.45, 2.75) is 57.9 Å². The van der Waals surface area contributed by atoms with Crippen molar-refractivity contribution in [2.75, 3.05) is 6.61 Å². The third-order valence-corrected chi connectivity index (χ3v) is 4.82.